The van der Waals surface area contributed by atoms with Crippen LogP contribution in [0.25, 0.3) is 5.69 Å². The minimum Gasteiger partial charge on any atom is -0.481 e. The highest BCUT2D eigenvalue weighted by molar-refractivity contribution is 6.30. The van der Waals surface area contributed by atoms with Gasteiger partial charge in [0.1, 0.15) is 0 Å². The molecule has 1 aromatic carbocycles. The number of carbonyl (C=O) groups is 2. The summed E-state index contributed by atoms with van der Waals surface area (Å²) in [6.45, 7) is 4.03. The molecule has 0 aliphatic carbocycles. The van der Waals surface area contributed by atoms with Gasteiger partial charge in [-0.15, -0.1) is 0 Å². The van der Waals surface area contributed by atoms with E-state index in [1.807, 2.05) is 26.0 Å². The lowest BCUT2D eigenvalue weighted by atomic mass is 9.93. The van der Waals surface area contributed by atoms with Crippen LogP contribution < -0.4 is 0 Å². The van der Waals surface area contributed by atoms with Gasteiger partial charge in [-0.3, -0.25) is 9.59 Å². The minimum absolute atomic E-state index is 0.000254. The van der Waals surface area contributed by atoms with Crippen molar-refractivity contribution in [2.75, 3.05) is 6.54 Å². The van der Waals surface area contributed by atoms with Gasteiger partial charge in [-0.05, 0) is 51.0 Å². The first-order valence-electron chi connectivity index (χ1n) is 8.23. The molecule has 0 saturated carbocycles. The number of carbonyl (C=O) groups excluding carboxylic acids is 1. The Bertz CT molecular complexity index is 818. The predicted molar refractivity (Wildman–Crippen MR) is 94.2 cm³/mol. The van der Waals surface area contributed by atoms with Crippen LogP contribution in [0.15, 0.2) is 30.3 Å². The Morgan fingerprint density at radius 2 is 2.04 bits per heavy atom. The van der Waals surface area contributed by atoms with Gasteiger partial charge < -0.3 is 10.0 Å². The minimum atomic E-state index is -0.856. The lowest BCUT2D eigenvalue weighted by Crippen LogP contribution is -2.47. The largest absolute Gasteiger partial charge is 0.481 e. The van der Waals surface area contributed by atoms with E-state index in [0.717, 1.165) is 11.4 Å². The van der Waals surface area contributed by atoms with Gasteiger partial charge in [-0.2, -0.15) is 5.10 Å². The normalized spacial score (nSPS) is 20.5. The number of aryl methyl sites for hydroxylation is 1. The molecule has 1 N–H and O–H groups in total. The lowest BCUT2D eigenvalue weighted by molar-refractivity contribution is -0.143. The Labute approximate surface area is 151 Å². The maximum absolute atomic E-state index is 12.9. The molecule has 1 amide bonds. The van der Waals surface area contributed by atoms with Crippen molar-refractivity contribution in [2.24, 2.45) is 5.92 Å². The summed E-state index contributed by atoms with van der Waals surface area (Å²) < 4.78 is 1.67. The van der Waals surface area contributed by atoms with Gasteiger partial charge in [0, 0.05) is 23.3 Å². The summed E-state index contributed by atoms with van der Waals surface area (Å²) in [5.41, 5.74) is 1.90. The van der Waals surface area contributed by atoms with Crippen LogP contribution >= 0.6 is 11.6 Å². The summed E-state index contributed by atoms with van der Waals surface area (Å²) in [5.74, 6) is -1.61. The van der Waals surface area contributed by atoms with E-state index >= 15 is 0 Å². The van der Waals surface area contributed by atoms with E-state index in [4.69, 9.17) is 11.6 Å². The number of aliphatic carboxylic acids is 1. The molecule has 1 aliphatic heterocycles. The summed E-state index contributed by atoms with van der Waals surface area (Å²) in [5, 5.41) is 14.3. The maximum Gasteiger partial charge on any atom is 0.308 e. The number of aromatic nitrogens is 2. The Hall–Kier alpha value is -2.34. The molecule has 132 valence electrons. The predicted octanol–water partition coefficient (Wildman–Crippen LogP) is 3.16. The van der Waals surface area contributed by atoms with Gasteiger partial charge in [-0.25, -0.2) is 4.68 Å². The third-order valence-corrected chi connectivity index (χ3v) is 4.89. The zero-order valence-electron chi connectivity index (χ0n) is 14.1. The van der Waals surface area contributed by atoms with Crippen molar-refractivity contribution in [1.82, 2.24) is 14.7 Å². The highest BCUT2D eigenvalue weighted by Gasteiger charge is 2.34. The fourth-order valence-electron chi connectivity index (χ4n) is 3.19. The Kier molecular flexibility index (Phi) is 4.81. The van der Waals surface area contributed by atoms with E-state index in [-0.39, 0.29) is 18.5 Å². The molecule has 6 nitrogen and oxygen atoms in total. The third kappa shape index (κ3) is 3.54. The number of hydrogen-bond acceptors (Lipinski definition) is 3. The number of likely N-dealkylation sites (tertiary alicyclic amines) is 1. The molecule has 1 aromatic heterocycles. The van der Waals surface area contributed by atoms with Gasteiger partial charge in [0.2, 0.25) is 0 Å². The van der Waals surface area contributed by atoms with Crippen molar-refractivity contribution in [3.05, 3.63) is 46.7 Å². The topological polar surface area (TPSA) is 75.4 Å². The van der Waals surface area contributed by atoms with Crippen LogP contribution in [0.2, 0.25) is 5.02 Å². The highest BCUT2D eigenvalue weighted by atomic mass is 35.5. The monoisotopic (exact) mass is 361 g/mol. The standard InChI is InChI=1S/C18H20ClN3O3/c1-11-6-7-13(18(24)25)10-21(11)17(23)16-8-12(2)22(20-16)15-5-3-4-14(19)9-15/h3-5,8-9,11,13H,6-7,10H2,1-2H3,(H,24,25). The second-order valence-corrected chi connectivity index (χ2v) is 6.92. The van der Waals surface area contributed by atoms with Crippen LogP contribution in [0.4, 0.5) is 0 Å². The van der Waals surface area contributed by atoms with Crippen LogP contribution in [0.5, 0.6) is 0 Å². The molecule has 1 aliphatic rings. The number of piperidine rings is 1. The molecule has 1 fully saturated rings. The molecular formula is C18H20ClN3O3. The highest BCUT2D eigenvalue weighted by Crippen LogP contribution is 2.24. The van der Waals surface area contributed by atoms with E-state index in [1.165, 1.54) is 0 Å². The average molecular weight is 362 g/mol. The molecule has 2 atom stereocenters. The second-order valence-electron chi connectivity index (χ2n) is 6.48. The van der Waals surface area contributed by atoms with Crippen molar-refractivity contribution < 1.29 is 14.7 Å². The van der Waals surface area contributed by atoms with E-state index in [0.29, 0.717) is 23.6 Å². The number of hydrogen-bond donors (Lipinski definition) is 1. The Morgan fingerprint density at radius 1 is 1.28 bits per heavy atom. The molecule has 2 unspecified atom stereocenters. The zero-order valence-corrected chi connectivity index (χ0v) is 14.9. The van der Waals surface area contributed by atoms with Gasteiger partial charge in [0.25, 0.3) is 5.91 Å². The van der Waals surface area contributed by atoms with E-state index in [2.05, 4.69) is 5.10 Å². The van der Waals surface area contributed by atoms with Crippen molar-refractivity contribution in [2.45, 2.75) is 32.7 Å². The number of benzene rings is 1. The van der Waals surface area contributed by atoms with Crippen LogP contribution in [-0.4, -0.2) is 44.3 Å². The molecule has 0 radical (unpaired) electrons. The van der Waals surface area contributed by atoms with Gasteiger partial charge >= 0.3 is 5.97 Å². The second kappa shape index (κ2) is 6.88. The SMILES string of the molecule is Cc1cc(C(=O)N2CC(C(=O)O)CCC2C)nn1-c1cccc(Cl)c1. The van der Waals surface area contributed by atoms with Crippen molar-refractivity contribution in [1.29, 1.82) is 0 Å². The number of amides is 1. The number of rotatable bonds is 3. The number of nitrogens with zero attached hydrogens (tertiary/aromatic N) is 3. The molecular weight excluding hydrogens is 342 g/mol. The quantitative estimate of drug-likeness (QED) is 0.911. The smallest absolute Gasteiger partial charge is 0.308 e. The van der Waals surface area contributed by atoms with Crippen LogP contribution in [0.1, 0.15) is 35.9 Å². The Balaban J connectivity index is 1.88. The summed E-state index contributed by atoms with van der Waals surface area (Å²) in [6.07, 6.45) is 1.27. The van der Waals surface area contributed by atoms with E-state index < -0.39 is 11.9 Å². The summed E-state index contributed by atoms with van der Waals surface area (Å²) in [6, 6.07) is 8.96. The maximum atomic E-state index is 12.9. The summed E-state index contributed by atoms with van der Waals surface area (Å²) >= 11 is 6.03. The van der Waals surface area contributed by atoms with Gasteiger partial charge in [0.15, 0.2) is 5.69 Å². The van der Waals surface area contributed by atoms with Crippen LogP contribution in [0.3, 0.4) is 0 Å². The molecule has 25 heavy (non-hydrogen) atoms. The third-order valence-electron chi connectivity index (χ3n) is 4.65. The Morgan fingerprint density at radius 3 is 2.72 bits per heavy atom. The molecule has 7 heteroatoms. The number of carboxylic acids is 1. The fraction of sp³-hybridized carbons (Fsp3) is 0.389. The number of halogens is 1. The van der Waals surface area contributed by atoms with E-state index in [1.54, 1.807) is 27.8 Å². The molecule has 2 heterocycles. The van der Waals surface area contributed by atoms with Gasteiger partial charge in [-0.1, -0.05) is 17.7 Å². The van der Waals surface area contributed by atoms with Crippen molar-refractivity contribution in [3.8, 4) is 5.69 Å². The fourth-order valence-corrected chi connectivity index (χ4v) is 3.37. The van der Waals surface area contributed by atoms with E-state index in [9.17, 15) is 14.7 Å². The van der Waals surface area contributed by atoms with Crippen LogP contribution in [0, 0.1) is 12.8 Å². The first-order valence-corrected chi connectivity index (χ1v) is 8.61. The van der Waals surface area contributed by atoms with Gasteiger partial charge in [0.05, 0.1) is 11.6 Å². The molecule has 3 rings (SSSR count). The molecule has 1 saturated heterocycles. The van der Waals surface area contributed by atoms with Crippen LogP contribution in [-0.2, 0) is 4.79 Å². The summed E-state index contributed by atoms with van der Waals surface area (Å²) in [7, 11) is 0. The lowest BCUT2D eigenvalue weighted by Gasteiger charge is -2.36. The first kappa shape index (κ1) is 17.5. The van der Waals surface area contributed by atoms with Crippen molar-refractivity contribution in [3.63, 3.8) is 0 Å². The first-order chi connectivity index (χ1) is 11.9. The van der Waals surface area contributed by atoms with Crippen molar-refractivity contribution >= 4 is 23.5 Å². The zero-order chi connectivity index (χ0) is 18.1. The number of carboxylic acid groups (broad SMARTS) is 1. The molecule has 0 spiro atoms. The summed E-state index contributed by atoms with van der Waals surface area (Å²) in [4.78, 5) is 25.8. The molecule has 2 aromatic rings. The molecule has 0 bridgehead atoms. The average Bonchev–Trinajstić information content (AvgIpc) is 2.96.